The number of ether oxygens (including phenoxy) is 1. The predicted octanol–water partition coefficient (Wildman–Crippen LogP) is 3.30. The van der Waals surface area contributed by atoms with Gasteiger partial charge >= 0.3 is 0 Å². The number of hydrogen-bond acceptors (Lipinski definition) is 2. The molecule has 90 valence electrons. The SMILES string of the molecule is CC(=O)C1c2ccccc2COc2ccccc21. The molecule has 0 N–H and O–H groups in total. The lowest BCUT2D eigenvalue weighted by atomic mass is 9.86. The van der Waals surface area contributed by atoms with Crippen LogP contribution in [0.3, 0.4) is 0 Å². The van der Waals surface area contributed by atoms with E-state index in [1.54, 1.807) is 6.92 Å². The van der Waals surface area contributed by atoms with Gasteiger partial charge in [-0.3, -0.25) is 4.79 Å². The predicted molar refractivity (Wildman–Crippen MR) is 69.7 cm³/mol. The minimum atomic E-state index is -0.208. The van der Waals surface area contributed by atoms with Gasteiger partial charge in [-0.25, -0.2) is 0 Å². The molecule has 2 heteroatoms. The molecule has 0 saturated carbocycles. The zero-order valence-electron chi connectivity index (χ0n) is 10.2. The topological polar surface area (TPSA) is 26.3 Å². The van der Waals surface area contributed by atoms with E-state index in [0.29, 0.717) is 6.61 Å². The third-order valence-electron chi connectivity index (χ3n) is 3.39. The Kier molecular flexibility index (Phi) is 2.63. The van der Waals surface area contributed by atoms with E-state index in [4.69, 9.17) is 4.74 Å². The second-order valence-electron chi connectivity index (χ2n) is 4.57. The fourth-order valence-corrected chi connectivity index (χ4v) is 2.56. The molecule has 0 aliphatic carbocycles. The molecular formula is C16H14O2. The Hall–Kier alpha value is -2.09. The van der Waals surface area contributed by atoms with Crippen molar-refractivity contribution in [3.8, 4) is 5.75 Å². The molecule has 2 aromatic carbocycles. The zero-order valence-corrected chi connectivity index (χ0v) is 10.2. The molecule has 1 heterocycles. The largest absolute Gasteiger partial charge is 0.489 e. The highest BCUT2D eigenvalue weighted by molar-refractivity contribution is 5.88. The Labute approximate surface area is 106 Å². The van der Waals surface area contributed by atoms with Gasteiger partial charge in [0, 0.05) is 5.56 Å². The Balaban J connectivity index is 2.24. The molecule has 0 amide bonds. The normalized spacial score (nSPS) is 17.1. The number of fused-ring (bicyclic) bond motifs is 2. The van der Waals surface area contributed by atoms with E-state index >= 15 is 0 Å². The maximum absolute atomic E-state index is 12.0. The van der Waals surface area contributed by atoms with Crippen molar-refractivity contribution >= 4 is 5.78 Å². The van der Waals surface area contributed by atoms with Gasteiger partial charge in [-0.1, -0.05) is 42.5 Å². The molecule has 0 fully saturated rings. The van der Waals surface area contributed by atoms with Crippen molar-refractivity contribution in [2.24, 2.45) is 0 Å². The van der Waals surface area contributed by atoms with Crippen LogP contribution in [0.5, 0.6) is 5.75 Å². The molecule has 0 aromatic heterocycles. The number of hydrogen-bond donors (Lipinski definition) is 0. The second-order valence-corrected chi connectivity index (χ2v) is 4.57. The molecule has 1 unspecified atom stereocenters. The molecule has 1 aliphatic heterocycles. The summed E-state index contributed by atoms with van der Waals surface area (Å²) in [6, 6.07) is 15.8. The molecule has 3 rings (SSSR count). The molecule has 1 atom stereocenters. The second kappa shape index (κ2) is 4.30. The minimum Gasteiger partial charge on any atom is -0.489 e. The summed E-state index contributed by atoms with van der Waals surface area (Å²) in [5.74, 6) is 0.759. The van der Waals surface area contributed by atoms with Crippen LogP contribution in [0.25, 0.3) is 0 Å². The van der Waals surface area contributed by atoms with Crippen molar-refractivity contribution in [1.82, 2.24) is 0 Å². The van der Waals surface area contributed by atoms with Gasteiger partial charge in [0.1, 0.15) is 18.1 Å². The highest BCUT2D eigenvalue weighted by Crippen LogP contribution is 2.37. The third kappa shape index (κ3) is 1.70. The maximum Gasteiger partial charge on any atom is 0.141 e. The molecule has 0 saturated heterocycles. The molecular weight excluding hydrogens is 224 g/mol. The van der Waals surface area contributed by atoms with E-state index in [1.807, 2.05) is 48.5 Å². The van der Waals surface area contributed by atoms with Crippen molar-refractivity contribution in [3.05, 3.63) is 65.2 Å². The summed E-state index contributed by atoms with van der Waals surface area (Å²) < 4.78 is 5.80. The van der Waals surface area contributed by atoms with Crippen LogP contribution in [0, 0.1) is 0 Å². The average Bonchev–Trinajstić information content (AvgIpc) is 2.55. The first kappa shape index (κ1) is 11.0. The zero-order chi connectivity index (χ0) is 12.5. The van der Waals surface area contributed by atoms with E-state index < -0.39 is 0 Å². The van der Waals surface area contributed by atoms with Crippen LogP contribution in [-0.4, -0.2) is 5.78 Å². The van der Waals surface area contributed by atoms with Gasteiger partial charge in [0.25, 0.3) is 0 Å². The third-order valence-corrected chi connectivity index (χ3v) is 3.39. The highest BCUT2D eigenvalue weighted by atomic mass is 16.5. The van der Waals surface area contributed by atoms with Gasteiger partial charge in [-0.2, -0.15) is 0 Å². The number of carbonyl (C=O) groups excluding carboxylic acids is 1. The summed E-state index contributed by atoms with van der Waals surface area (Å²) in [5.41, 5.74) is 3.12. The summed E-state index contributed by atoms with van der Waals surface area (Å²) in [5, 5.41) is 0. The van der Waals surface area contributed by atoms with Crippen molar-refractivity contribution in [1.29, 1.82) is 0 Å². The lowest BCUT2D eigenvalue weighted by Gasteiger charge is -2.15. The Morgan fingerprint density at radius 1 is 1.06 bits per heavy atom. The molecule has 2 aromatic rings. The van der Waals surface area contributed by atoms with Gasteiger partial charge < -0.3 is 4.74 Å². The maximum atomic E-state index is 12.0. The standard InChI is InChI=1S/C16H14O2/c1-11(17)16-13-7-3-2-6-12(13)10-18-15-9-5-4-8-14(15)16/h2-9,16H,10H2,1H3. The Bertz CT molecular complexity index is 554. The van der Waals surface area contributed by atoms with Gasteiger partial charge in [0.15, 0.2) is 0 Å². The summed E-state index contributed by atoms with van der Waals surface area (Å²) in [7, 11) is 0. The summed E-state index contributed by atoms with van der Waals surface area (Å²) >= 11 is 0. The van der Waals surface area contributed by atoms with Gasteiger partial charge in [0.05, 0.1) is 5.92 Å². The number of ketones is 1. The molecule has 2 nitrogen and oxygen atoms in total. The van der Waals surface area contributed by atoms with Crippen LogP contribution in [0.15, 0.2) is 48.5 Å². The number of Topliss-reactive ketones (excluding diaryl/α,β-unsaturated/α-hetero) is 1. The van der Waals surface area contributed by atoms with Crippen LogP contribution in [0.2, 0.25) is 0 Å². The summed E-state index contributed by atoms with van der Waals surface area (Å²) in [6.45, 7) is 2.17. The van der Waals surface area contributed by atoms with Crippen LogP contribution in [0.1, 0.15) is 29.5 Å². The number of carbonyl (C=O) groups is 1. The molecule has 1 aliphatic rings. The fraction of sp³-hybridized carbons (Fsp3) is 0.188. The number of para-hydroxylation sites is 1. The first-order valence-electron chi connectivity index (χ1n) is 6.07. The lowest BCUT2D eigenvalue weighted by molar-refractivity contribution is -0.117. The first-order chi connectivity index (χ1) is 8.77. The van der Waals surface area contributed by atoms with E-state index in [1.165, 1.54) is 0 Å². The lowest BCUT2D eigenvalue weighted by Crippen LogP contribution is -2.11. The van der Waals surface area contributed by atoms with Gasteiger partial charge in [-0.05, 0) is 24.1 Å². The Morgan fingerprint density at radius 2 is 1.72 bits per heavy atom. The van der Waals surface area contributed by atoms with Crippen molar-refractivity contribution in [3.63, 3.8) is 0 Å². The van der Waals surface area contributed by atoms with E-state index in [-0.39, 0.29) is 11.7 Å². The first-order valence-corrected chi connectivity index (χ1v) is 6.07. The molecule has 18 heavy (non-hydrogen) atoms. The van der Waals surface area contributed by atoms with Crippen LogP contribution < -0.4 is 4.74 Å². The van der Waals surface area contributed by atoms with Crippen molar-refractivity contribution in [2.45, 2.75) is 19.4 Å². The number of rotatable bonds is 1. The molecule has 0 bridgehead atoms. The highest BCUT2D eigenvalue weighted by Gasteiger charge is 2.27. The van der Waals surface area contributed by atoms with Crippen molar-refractivity contribution < 1.29 is 9.53 Å². The summed E-state index contributed by atoms with van der Waals surface area (Å²) in [4.78, 5) is 12.0. The van der Waals surface area contributed by atoms with Gasteiger partial charge in [-0.15, -0.1) is 0 Å². The molecule has 0 spiro atoms. The van der Waals surface area contributed by atoms with Crippen molar-refractivity contribution in [2.75, 3.05) is 0 Å². The smallest absolute Gasteiger partial charge is 0.141 e. The van der Waals surface area contributed by atoms with Crippen LogP contribution >= 0.6 is 0 Å². The minimum absolute atomic E-state index is 0.153. The monoisotopic (exact) mass is 238 g/mol. The van der Waals surface area contributed by atoms with E-state index in [0.717, 1.165) is 22.4 Å². The Morgan fingerprint density at radius 3 is 2.50 bits per heavy atom. The average molecular weight is 238 g/mol. The number of benzene rings is 2. The van der Waals surface area contributed by atoms with Crippen LogP contribution in [-0.2, 0) is 11.4 Å². The quantitative estimate of drug-likeness (QED) is 0.762. The van der Waals surface area contributed by atoms with E-state index in [9.17, 15) is 4.79 Å². The van der Waals surface area contributed by atoms with E-state index in [2.05, 4.69) is 0 Å². The van der Waals surface area contributed by atoms with Gasteiger partial charge in [0.2, 0.25) is 0 Å². The molecule has 0 radical (unpaired) electrons. The van der Waals surface area contributed by atoms with Crippen LogP contribution in [0.4, 0.5) is 0 Å². The summed E-state index contributed by atoms with van der Waals surface area (Å²) in [6.07, 6.45) is 0. The fourth-order valence-electron chi connectivity index (χ4n) is 2.56.